The molecule has 0 spiro atoms. The molecule has 18 heavy (non-hydrogen) atoms. The fourth-order valence-electron chi connectivity index (χ4n) is 3.31. The third-order valence-electron chi connectivity index (χ3n) is 4.96. The molecule has 1 fully saturated rings. The van der Waals surface area contributed by atoms with Gasteiger partial charge in [0.05, 0.1) is 0 Å². The zero-order chi connectivity index (χ0) is 13.4. The lowest BCUT2D eigenvalue weighted by atomic mass is 9.81. The first-order valence-electron chi connectivity index (χ1n) is 8.08. The van der Waals surface area contributed by atoms with Crippen LogP contribution in [0.1, 0.15) is 65.7 Å². The Hall–Kier alpha value is -0.0800. The van der Waals surface area contributed by atoms with Gasteiger partial charge in [0.15, 0.2) is 0 Å². The van der Waals surface area contributed by atoms with Crippen LogP contribution in [0.5, 0.6) is 0 Å². The molecule has 2 heteroatoms. The molecule has 0 aromatic heterocycles. The van der Waals surface area contributed by atoms with Crippen LogP contribution in [0.4, 0.5) is 0 Å². The minimum absolute atomic E-state index is 0.479. The Bertz CT molecular complexity index is 205. The Labute approximate surface area is 115 Å². The molecule has 1 aliphatic rings. The zero-order valence-electron chi connectivity index (χ0n) is 13.1. The smallest absolute Gasteiger partial charge is 0.00924 e. The number of nitrogens with zero attached hydrogens (tertiary/aromatic N) is 1. The minimum atomic E-state index is 0.479. The van der Waals surface area contributed by atoms with Crippen molar-refractivity contribution >= 4 is 0 Å². The van der Waals surface area contributed by atoms with Crippen molar-refractivity contribution in [3.05, 3.63) is 0 Å². The molecular formula is C16H34N2. The summed E-state index contributed by atoms with van der Waals surface area (Å²) >= 11 is 0. The molecule has 0 aromatic rings. The molecule has 108 valence electrons. The Morgan fingerprint density at radius 3 is 2.22 bits per heavy atom. The highest BCUT2D eigenvalue weighted by Crippen LogP contribution is 2.30. The highest BCUT2D eigenvalue weighted by atomic mass is 15.1. The van der Waals surface area contributed by atoms with Gasteiger partial charge in [-0.15, -0.1) is 0 Å². The average Bonchev–Trinajstić information content (AvgIpc) is 2.91. The number of hydrogen-bond acceptors (Lipinski definition) is 2. The molecular weight excluding hydrogens is 220 g/mol. The molecule has 0 atom stereocenters. The predicted octanol–water partition coefficient (Wildman–Crippen LogP) is 3.67. The Kier molecular flexibility index (Phi) is 7.25. The quantitative estimate of drug-likeness (QED) is 0.632. The van der Waals surface area contributed by atoms with E-state index in [1.54, 1.807) is 0 Å². The zero-order valence-corrected chi connectivity index (χ0v) is 13.1. The topological polar surface area (TPSA) is 15.3 Å². The van der Waals surface area contributed by atoms with Crippen molar-refractivity contribution in [1.82, 2.24) is 10.2 Å². The van der Waals surface area contributed by atoms with E-state index in [-0.39, 0.29) is 0 Å². The fraction of sp³-hybridized carbons (Fsp3) is 1.00. The summed E-state index contributed by atoms with van der Waals surface area (Å²) in [4.78, 5) is 2.65. The van der Waals surface area contributed by atoms with Gasteiger partial charge in [0.1, 0.15) is 0 Å². The van der Waals surface area contributed by atoms with E-state index in [1.807, 2.05) is 0 Å². The molecule has 1 aliphatic carbocycles. The molecule has 0 unspecified atom stereocenters. The van der Waals surface area contributed by atoms with Gasteiger partial charge in [-0.05, 0) is 51.1 Å². The molecule has 0 saturated heterocycles. The number of rotatable bonds is 9. The van der Waals surface area contributed by atoms with Gasteiger partial charge in [0, 0.05) is 19.1 Å². The third kappa shape index (κ3) is 4.55. The van der Waals surface area contributed by atoms with Gasteiger partial charge in [-0.1, -0.05) is 33.6 Å². The van der Waals surface area contributed by atoms with E-state index in [0.29, 0.717) is 5.41 Å². The largest absolute Gasteiger partial charge is 0.316 e. The van der Waals surface area contributed by atoms with Gasteiger partial charge in [-0.2, -0.15) is 0 Å². The van der Waals surface area contributed by atoms with E-state index in [1.165, 1.54) is 58.0 Å². The standard InChI is InChI=1S/C16H34N2/c1-5-12-17-13-16(6-2,7-3)14-18(4)15-10-8-9-11-15/h15,17H,5-14H2,1-4H3. The van der Waals surface area contributed by atoms with Crippen LogP contribution in [-0.2, 0) is 0 Å². The summed E-state index contributed by atoms with van der Waals surface area (Å²) in [5, 5.41) is 3.65. The summed E-state index contributed by atoms with van der Waals surface area (Å²) in [5.41, 5.74) is 0.479. The number of hydrogen-bond donors (Lipinski definition) is 1. The molecule has 0 bridgehead atoms. The van der Waals surface area contributed by atoms with E-state index in [9.17, 15) is 0 Å². The Morgan fingerprint density at radius 1 is 1.11 bits per heavy atom. The molecule has 2 nitrogen and oxygen atoms in total. The van der Waals surface area contributed by atoms with Crippen molar-refractivity contribution in [2.24, 2.45) is 5.41 Å². The van der Waals surface area contributed by atoms with Crippen LogP contribution in [0, 0.1) is 5.41 Å². The van der Waals surface area contributed by atoms with E-state index in [2.05, 4.69) is 38.0 Å². The first-order valence-corrected chi connectivity index (χ1v) is 8.08. The van der Waals surface area contributed by atoms with Crippen LogP contribution in [0.3, 0.4) is 0 Å². The van der Waals surface area contributed by atoms with Crippen molar-refractivity contribution < 1.29 is 0 Å². The van der Waals surface area contributed by atoms with Gasteiger partial charge in [-0.3, -0.25) is 0 Å². The lowest BCUT2D eigenvalue weighted by molar-refractivity contribution is 0.123. The molecule has 0 aliphatic heterocycles. The van der Waals surface area contributed by atoms with Gasteiger partial charge in [0.2, 0.25) is 0 Å². The molecule has 0 aromatic carbocycles. The van der Waals surface area contributed by atoms with Crippen molar-refractivity contribution in [2.45, 2.75) is 71.8 Å². The third-order valence-corrected chi connectivity index (χ3v) is 4.96. The van der Waals surface area contributed by atoms with Crippen LogP contribution in [0.15, 0.2) is 0 Å². The summed E-state index contributed by atoms with van der Waals surface area (Å²) < 4.78 is 0. The SMILES string of the molecule is CCCNCC(CC)(CC)CN(C)C1CCCC1. The maximum Gasteiger partial charge on any atom is 0.00924 e. The van der Waals surface area contributed by atoms with Crippen molar-refractivity contribution in [1.29, 1.82) is 0 Å². The molecule has 0 heterocycles. The highest BCUT2D eigenvalue weighted by Gasteiger charge is 2.30. The molecule has 1 N–H and O–H groups in total. The second-order valence-corrected chi connectivity index (χ2v) is 6.24. The van der Waals surface area contributed by atoms with Crippen molar-refractivity contribution in [2.75, 3.05) is 26.7 Å². The van der Waals surface area contributed by atoms with Crippen LogP contribution < -0.4 is 5.32 Å². The first-order chi connectivity index (χ1) is 8.67. The molecule has 0 amide bonds. The first kappa shape index (κ1) is 16.0. The van der Waals surface area contributed by atoms with E-state index in [4.69, 9.17) is 0 Å². The normalized spacial score (nSPS) is 17.8. The second-order valence-electron chi connectivity index (χ2n) is 6.24. The van der Waals surface area contributed by atoms with Gasteiger partial charge in [0.25, 0.3) is 0 Å². The van der Waals surface area contributed by atoms with Crippen molar-refractivity contribution in [3.63, 3.8) is 0 Å². The summed E-state index contributed by atoms with van der Waals surface area (Å²) in [6, 6.07) is 0.855. The average molecular weight is 254 g/mol. The van der Waals surface area contributed by atoms with Gasteiger partial charge >= 0.3 is 0 Å². The fourth-order valence-corrected chi connectivity index (χ4v) is 3.31. The lowest BCUT2D eigenvalue weighted by Gasteiger charge is -2.38. The highest BCUT2D eigenvalue weighted by molar-refractivity contribution is 4.85. The van der Waals surface area contributed by atoms with Crippen LogP contribution >= 0.6 is 0 Å². The summed E-state index contributed by atoms with van der Waals surface area (Å²) in [7, 11) is 2.34. The summed E-state index contributed by atoms with van der Waals surface area (Å²) in [6.45, 7) is 10.6. The molecule has 1 saturated carbocycles. The summed E-state index contributed by atoms with van der Waals surface area (Å²) in [6.07, 6.45) is 9.53. The van der Waals surface area contributed by atoms with Crippen molar-refractivity contribution in [3.8, 4) is 0 Å². The second kappa shape index (κ2) is 8.16. The number of nitrogens with one attached hydrogen (secondary N) is 1. The maximum absolute atomic E-state index is 3.65. The monoisotopic (exact) mass is 254 g/mol. The maximum atomic E-state index is 3.65. The Balaban J connectivity index is 2.48. The Morgan fingerprint density at radius 2 is 1.72 bits per heavy atom. The predicted molar refractivity (Wildman–Crippen MR) is 81.1 cm³/mol. The van der Waals surface area contributed by atoms with E-state index in [0.717, 1.165) is 12.6 Å². The minimum Gasteiger partial charge on any atom is -0.316 e. The van der Waals surface area contributed by atoms with Crippen LogP contribution in [0.2, 0.25) is 0 Å². The molecule has 0 radical (unpaired) electrons. The van der Waals surface area contributed by atoms with E-state index < -0.39 is 0 Å². The van der Waals surface area contributed by atoms with Crippen LogP contribution in [0.25, 0.3) is 0 Å². The van der Waals surface area contributed by atoms with Gasteiger partial charge in [-0.25, -0.2) is 0 Å². The van der Waals surface area contributed by atoms with E-state index >= 15 is 0 Å². The molecule has 1 rings (SSSR count). The summed E-state index contributed by atoms with van der Waals surface area (Å²) in [5.74, 6) is 0. The lowest BCUT2D eigenvalue weighted by Crippen LogP contribution is -2.45. The van der Waals surface area contributed by atoms with Gasteiger partial charge < -0.3 is 10.2 Å². The van der Waals surface area contributed by atoms with Crippen LogP contribution in [-0.4, -0.2) is 37.6 Å².